The van der Waals surface area contributed by atoms with Crippen molar-refractivity contribution in [3.8, 4) is 11.1 Å². The zero-order valence-electron chi connectivity index (χ0n) is 14.7. The molecular formula is C21H21F2NO. The number of hydrogen-bond donors (Lipinski definition) is 1. The van der Waals surface area contributed by atoms with Gasteiger partial charge >= 0.3 is 0 Å². The van der Waals surface area contributed by atoms with Crippen LogP contribution in [0.1, 0.15) is 36.5 Å². The van der Waals surface area contributed by atoms with Crippen LogP contribution in [0.4, 0.5) is 8.78 Å². The van der Waals surface area contributed by atoms with E-state index in [0.29, 0.717) is 40.8 Å². The lowest BCUT2D eigenvalue weighted by Crippen LogP contribution is -2.31. The summed E-state index contributed by atoms with van der Waals surface area (Å²) < 4.78 is 28.2. The first-order valence-electron chi connectivity index (χ1n) is 8.43. The van der Waals surface area contributed by atoms with Gasteiger partial charge in [0, 0.05) is 12.1 Å². The predicted molar refractivity (Wildman–Crippen MR) is 96.1 cm³/mol. The number of piperidine rings is 1. The molecule has 2 nitrogen and oxygen atoms in total. The fourth-order valence-corrected chi connectivity index (χ4v) is 3.34. The van der Waals surface area contributed by atoms with Gasteiger partial charge in [0.15, 0.2) is 0 Å². The van der Waals surface area contributed by atoms with E-state index in [1.807, 2.05) is 13.8 Å². The van der Waals surface area contributed by atoms with E-state index in [9.17, 15) is 13.6 Å². The number of carbonyl (C=O) groups is 1. The Kier molecular flexibility index (Phi) is 4.71. The van der Waals surface area contributed by atoms with Crippen molar-refractivity contribution in [1.29, 1.82) is 0 Å². The lowest BCUT2D eigenvalue weighted by molar-refractivity contribution is -0.118. The number of rotatable bonds is 2. The summed E-state index contributed by atoms with van der Waals surface area (Å²) in [4.78, 5) is 12.1. The van der Waals surface area contributed by atoms with Crippen LogP contribution in [0.25, 0.3) is 16.7 Å². The first-order chi connectivity index (χ1) is 11.9. The highest BCUT2D eigenvalue weighted by Crippen LogP contribution is 2.33. The van der Waals surface area contributed by atoms with Crippen LogP contribution in [0.15, 0.2) is 35.9 Å². The fourth-order valence-electron chi connectivity index (χ4n) is 3.34. The minimum absolute atomic E-state index is 0.0876. The second-order valence-corrected chi connectivity index (χ2v) is 6.55. The lowest BCUT2D eigenvalue weighted by Gasteiger charge is -2.20. The SMILES string of the molecule is C/C(=C1/CCCNC1=O)c1cc(F)cc(-c2ccc(C)c(F)c2)c1C. The number of aryl methyl sites for hydroxylation is 1. The molecule has 1 amide bonds. The van der Waals surface area contributed by atoms with Crippen LogP contribution < -0.4 is 5.32 Å². The molecule has 2 aromatic carbocycles. The third-order valence-corrected chi connectivity index (χ3v) is 4.88. The molecule has 3 rings (SSSR count). The van der Waals surface area contributed by atoms with Crippen molar-refractivity contribution in [2.75, 3.05) is 6.54 Å². The van der Waals surface area contributed by atoms with Crippen molar-refractivity contribution >= 4 is 11.5 Å². The molecule has 0 spiro atoms. The van der Waals surface area contributed by atoms with Crippen LogP contribution in [0.5, 0.6) is 0 Å². The lowest BCUT2D eigenvalue weighted by atomic mass is 9.88. The molecule has 0 saturated carbocycles. The van der Waals surface area contributed by atoms with E-state index in [0.717, 1.165) is 17.6 Å². The van der Waals surface area contributed by atoms with Gasteiger partial charge in [-0.3, -0.25) is 4.79 Å². The molecule has 0 unspecified atom stereocenters. The third kappa shape index (κ3) is 3.34. The van der Waals surface area contributed by atoms with E-state index in [1.54, 1.807) is 19.1 Å². The molecular weight excluding hydrogens is 320 g/mol. The summed E-state index contributed by atoms with van der Waals surface area (Å²) in [6, 6.07) is 7.78. The summed E-state index contributed by atoms with van der Waals surface area (Å²) in [6.45, 7) is 6.10. The molecule has 4 heteroatoms. The maximum absolute atomic E-state index is 14.3. The van der Waals surface area contributed by atoms with Gasteiger partial charge < -0.3 is 5.32 Å². The average Bonchev–Trinajstić information content (AvgIpc) is 2.59. The van der Waals surface area contributed by atoms with E-state index >= 15 is 0 Å². The van der Waals surface area contributed by atoms with E-state index in [4.69, 9.17) is 0 Å². The molecule has 1 saturated heterocycles. The van der Waals surface area contributed by atoms with Gasteiger partial charge in [-0.1, -0.05) is 12.1 Å². The Morgan fingerprint density at radius 2 is 1.88 bits per heavy atom. The highest BCUT2D eigenvalue weighted by molar-refractivity contribution is 6.02. The van der Waals surface area contributed by atoms with Crippen LogP contribution in [0.2, 0.25) is 0 Å². The average molecular weight is 341 g/mol. The zero-order chi connectivity index (χ0) is 18.1. The number of allylic oxidation sites excluding steroid dienone is 1. The Bertz CT molecular complexity index is 884. The third-order valence-electron chi connectivity index (χ3n) is 4.88. The highest BCUT2D eigenvalue weighted by Gasteiger charge is 2.20. The van der Waals surface area contributed by atoms with Crippen molar-refractivity contribution in [1.82, 2.24) is 5.32 Å². The quantitative estimate of drug-likeness (QED) is 0.771. The van der Waals surface area contributed by atoms with Crippen molar-refractivity contribution in [3.63, 3.8) is 0 Å². The van der Waals surface area contributed by atoms with E-state index in [1.165, 1.54) is 18.2 Å². The molecule has 0 radical (unpaired) electrons. The van der Waals surface area contributed by atoms with Gasteiger partial charge in [-0.15, -0.1) is 0 Å². The summed E-state index contributed by atoms with van der Waals surface area (Å²) in [6.07, 6.45) is 1.56. The minimum atomic E-state index is -0.396. The van der Waals surface area contributed by atoms with Crippen LogP contribution in [0, 0.1) is 25.5 Å². The van der Waals surface area contributed by atoms with Crippen molar-refractivity contribution < 1.29 is 13.6 Å². The summed E-state index contributed by atoms with van der Waals surface area (Å²) in [7, 11) is 0. The van der Waals surface area contributed by atoms with Crippen molar-refractivity contribution in [2.45, 2.75) is 33.6 Å². The number of benzene rings is 2. The number of halogens is 2. The summed E-state index contributed by atoms with van der Waals surface area (Å²) in [5.74, 6) is -0.799. The zero-order valence-corrected chi connectivity index (χ0v) is 14.7. The van der Waals surface area contributed by atoms with Crippen LogP contribution in [-0.2, 0) is 4.79 Å². The van der Waals surface area contributed by atoms with E-state index < -0.39 is 5.82 Å². The van der Waals surface area contributed by atoms with Gasteiger partial charge in [0.25, 0.3) is 0 Å². The van der Waals surface area contributed by atoms with Crippen LogP contribution in [-0.4, -0.2) is 12.5 Å². The van der Waals surface area contributed by atoms with Gasteiger partial charge in [0.1, 0.15) is 11.6 Å². The molecule has 1 fully saturated rings. The minimum Gasteiger partial charge on any atom is -0.352 e. The molecule has 0 atom stereocenters. The molecule has 0 bridgehead atoms. The maximum atomic E-state index is 14.3. The second-order valence-electron chi connectivity index (χ2n) is 6.55. The van der Waals surface area contributed by atoms with Gasteiger partial charge in [-0.2, -0.15) is 0 Å². The topological polar surface area (TPSA) is 29.1 Å². The molecule has 1 aliphatic rings. The van der Waals surface area contributed by atoms with Gasteiger partial charge in [0.05, 0.1) is 0 Å². The first kappa shape index (κ1) is 17.3. The normalized spacial score (nSPS) is 16.6. The number of amides is 1. The molecule has 25 heavy (non-hydrogen) atoms. The summed E-state index contributed by atoms with van der Waals surface area (Å²) >= 11 is 0. The van der Waals surface area contributed by atoms with Gasteiger partial charge in [-0.25, -0.2) is 8.78 Å². The summed E-state index contributed by atoms with van der Waals surface area (Å²) in [5, 5.41) is 2.84. The van der Waals surface area contributed by atoms with E-state index in [2.05, 4.69) is 5.32 Å². The van der Waals surface area contributed by atoms with Gasteiger partial charge in [-0.05, 0) is 85.2 Å². The maximum Gasteiger partial charge on any atom is 0.247 e. The number of hydrogen-bond acceptors (Lipinski definition) is 1. The Balaban J connectivity index is 2.16. The number of carbonyl (C=O) groups excluding carboxylic acids is 1. The highest BCUT2D eigenvalue weighted by atomic mass is 19.1. The molecule has 0 aromatic heterocycles. The van der Waals surface area contributed by atoms with Crippen molar-refractivity contribution in [2.24, 2.45) is 0 Å². The van der Waals surface area contributed by atoms with E-state index in [-0.39, 0.29) is 11.7 Å². The Hall–Kier alpha value is -2.49. The molecule has 1 aliphatic heterocycles. The monoisotopic (exact) mass is 341 g/mol. The molecule has 130 valence electrons. The Morgan fingerprint density at radius 1 is 1.12 bits per heavy atom. The molecule has 0 aliphatic carbocycles. The van der Waals surface area contributed by atoms with Crippen LogP contribution in [0.3, 0.4) is 0 Å². The first-order valence-corrected chi connectivity index (χ1v) is 8.43. The molecule has 1 N–H and O–H groups in total. The Labute approximate surface area is 146 Å². The molecule has 1 heterocycles. The largest absolute Gasteiger partial charge is 0.352 e. The summed E-state index contributed by atoms with van der Waals surface area (Å²) in [5.41, 5.74) is 4.84. The molecule has 2 aromatic rings. The van der Waals surface area contributed by atoms with Crippen molar-refractivity contribution in [3.05, 3.63) is 64.2 Å². The predicted octanol–water partition coefficient (Wildman–Crippen LogP) is 4.93. The smallest absolute Gasteiger partial charge is 0.247 e. The standard InChI is InChI=1S/C21H21F2NO/c1-12-6-7-15(9-20(12)23)19-11-16(22)10-18(14(19)3)13(2)17-5-4-8-24-21(17)25/h6-7,9-11H,4-5,8H2,1-3H3,(H,24,25)/b17-13+. The Morgan fingerprint density at radius 3 is 2.56 bits per heavy atom. The fraction of sp³-hybridized carbons (Fsp3) is 0.286. The number of nitrogens with one attached hydrogen (secondary N) is 1. The van der Waals surface area contributed by atoms with Crippen LogP contribution >= 0.6 is 0 Å². The van der Waals surface area contributed by atoms with Gasteiger partial charge in [0.2, 0.25) is 5.91 Å². The second kappa shape index (κ2) is 6.79.